The largest absolute Gasteiger partial charge is 0.484 e. The standard InChI is InChI=1S/C13H17F2NO2/c1-9(2)5-6-16-13(17)8-18-10-3-4-11(14)12(15)7-10/h3-4,7,9H,5-6,8H2,1-2H3,(H,16,17). The van der Waals surface area contributed by atoms with Crippen molar-refractivity contribution in [2.75, 3.05) is 13.2 Å². The van der Waals surface area contributed by atoms with E-state index in [9.17, 15) is 13.6 Å². The van der Waals surface area contributed by atoms with E-state index in [1.807, 2.05) is 0 Å². The molecule has 1 N–H and O–H groups in total. The van der Waals surface area contributed by atoms with Crippen LogP contribution in [-0.2, 0) is 4.79 Å². The summed E-state index contributed by atoms with van der Waals surface area (Å²) in [4.78, 5) is 11.3. The summed E-state index contributed by atoms with van der Waals surface area (Å²) in [6.45, 7) is 4.49. The van der Waals surface area contributed by atoms with E-state index in [0.29, 0.717) is 12.5 Å². The highest BCUT2D eigenvalue weighted by atomic mass is 19.2. The molecule has 0 fully saturated rings. The molecule has 5 heteroatoms. The summed E-state index contributed by atoms with van der Waals surface area (Å²) in [5.41, 5.74) is 0. The Morgan fingerprint density at radius 2 is 2.06 bits per heavy atom. The van der Waals surface area contributed by atoms with E-state index in [2.05, 4.69) is 19.2 Å². The Kier molecular flexibility index (Phi) is 5.55. The predicted molar refractivity (Wildman–Crippen MR) is 64.3 cm³/mol. The Morgan fingerprint density at radius 3 is 2.67 bits per heavy atom. The molecule has 18 heavy (non-hydrogen) atoms. The summed E-state index contributed by atoms with van der Waals surface area (Å²) in [6, 6.07) is 3.15. The van der Waals surface area contributed by atoms with Gasteiger partial charge in [-0.3, -0.25) is 4.79 Å². The molecule has 0 unspecified atom stereocenters. The average Bonchev–Trinajstić information content (AvgIpc) is 2.30. The molecule has 0 aliphatic rings. The van der Waals surface area contributed by atoms with Gasteiger partial charge in [0.15, 0.2) is 18.2 Å². The van der Waals surface area contributed by atoms with Gasteiger partial charge in [0.25, 0.3) is 5.91 Å². The van der Waals surface area contributed by atoms with E-state index in [1.54, 1.807) is 0 Å². The lowest BCUT2D eigenvalue weighted by Gasteiger charge is -2.08. The summed E-state index contributed by atoms with van der Waals surface area (Å²) in [5.74, 6) is -1.57. The van der Waals surface area contributed by atoms with E-state index in [1.165, 1.54) is 6.07 Å². The van der Waals surface area contributed by atoms with Crippen LogP contribution in [-0.4, -0.2) is 19.1 Å². The Bertz CT molecular complexity index is 408. The third kappa shape index (κ3) is 5.12. The summed E-state index contributed by atoms with van der Waals surface area (Å²) < 4.78 is 30.5. The van der Waals surface area contributed by atoms with Gasteiger partial charge < -0.3 is 10.1 Å². The molecule has 0 saturated heterocycles. The van der Waals surface area contributed by atoms with Gasteiger partial charge in [0.1, 0.15) is 5.75 Å². The maximum atomic E-state index is 12.8. The zero-order valence-electron chi connectivity index (χ0n) is 10.5. The summed E-state index contributed by atoms with van der Waals surface area (Å²) in [5, 5.41) is 2.68. The number of hydrogen-bond donors (Lipinski definition) is 1. The first-order valence-corrected chi connectivity index (χ1v) is 5.83. The van der Waals surface area contributed by atoms with Crippen molar-refractivity contribution in [1.82, 2.24) is 5.32 Å². The fourth-order valence-electron chi connectivity index (χ4n) is 1.27. The normalized spacial score (nSPS) is 10.5. The molecule has 0 heterocycles. The first kappa shape index (κ1) is 14.4. The number of amides is 1. The second-order valence-electron chi connectivity index (χ2n) is 4.40. The quantitative estimate of drug-likeness (QED) is 0.850. The molecule has 1 amide bonds. The van der Waals surface area contributed by atoms with E-state index >= 15 is 0 Å². The summed E-state index contributed by atoms with van der Waals surface area (Å²) in [6.07, 6.45) is 0.886. The van der Waals surface area contributed by atoms with Crippen molar-refractivity contribution in [3.8, 4) is 5.75 Å². The van der Waals surface area contributed by atoms with Crippen molar-refractivity contribution in [2.24, 2.45) is 5.92 Å². The highest BCUT2D eigenvalue weighted by Gasteiger charge is 2.06. The molecular weight excluding hydrogens is 240 g/mol. The number of hydrogen-bond acceptors (Lipinski definition) is 2. The van der Waals surface area contributed by atoms with Crippen LogP contribution in [0.3, 0.4) is 0 Å². The van der Waals surface area contributed by atoms with Crippen LogP contribution >= 0.6 is 0 Å². The number of carbonyl (C=O) groups excluding carboxylic acids is 1. The Hall–Kier alpha value is -1.65. The molecule has 0 aliphatic carbocycles. The zero-order valence-corrected chi connectivity index (χ0v) is 10.5. The van der Waals surface area contributed by atoms with Gasteiger partial charge in [0.05, 0.1) is 0 Å². The van der Waals surface area contributed by atoms with Crippen molar-refractivity contribution >= 4 is 5.91 Å². The SMILES string of the molecule is CC(C)CCNC(=O)COc1ccc(F)c(F)c1. The minimum Gasteiger partial charge on any atom is -0.484 e. The Balaban J connectivity index is 2.31. The monoisotopic (exact) mass is 257 g/mol. The fourth-order valence-corrected chi connectivity index (χ4v) is 1.27. The lowest BCUT2D eigenvalue weighted by molar-refractivity contribution is -0.123. The predicted octanol–water partition coefficient (Wildman–Crippen LogP) is 2.51. The number of benzene rings is 1. The van der Waals surface area contributed by atoms with E-state index in [0.717, 1.165) is 18.6 Å². The number of halogens is 2. The highest BCUT2D eigenvalue weighted by Crippen LogP contribution is 2.15. The second-order valence-corrected chi connectivity index (χ2v) is 4.40. The van der Waals surface area contributed by atoms with Crippen LogP contribution in [0.4, 0.5) is 8.78 Å². The van der Waals surface area contributed by atoms with Crippen molar-refractivity contribution in [2.45, 2.75) is 20.3 Å². The molecular formula is C13H17F2NO2. The van der Waals surface area contributed by atoms with Crippen LogP contribution in [0, 0.1) is 17.6 Å². The number of rotatable bonds is 6. The van der Waals surface area contributed by atoms with Gasteiger partial charge in [0.2, 0.25) is 0 Å². The van der Waals surface area contributed by atoms with Crippen LogP contribution in [0.1, 0.15) is 20.3 Å². The van der Waals surface area contributed by atoms with E-state index in [-0.39, 0.29) is 18.3 Å². The molecule has 3 nitrogen and oxygen atoms in total. The second kappa shape index (κ2) is 6.93. The molecule has 0 spiro atoms. The van der Waals surface area contributed by atoms with Crippen molar-refractivity contribution in [1.29, 1.82) is 0 Å². The van der Waals surface area contributed by atoms with Crippen LogP contribution in [0.25, 0.3) is 0 Å². The first-order chi connectivity index (χ1) is 8.49. The average molecular weight is 257 g/mol. The van der Waals surface area contributed by atoms with Gasteiger partial charge in [-0.25, -0.2) is 8.78 Å². The molecule has 1 rings (SSSR count). The summed E-state index contributed by atoms with van der Waals surface area (Å²) >= 11 is 0. The molecule has 0 radical (unpaired) electrons. The van der Waals surface area contributed by atoms with Gasteiger partial charge in [-0.1, -0.05) is 13.8 Å². The number of nitrogens with one attached hydrogen (secondary N) is 1. The van der Waals surface area contributed by atoms with Crippen LogP contribution in [0.2, 0.25) is 0 Å². The first-order valence-electron chi connectivity index (χ1n) is 5.83. The minimum atomic E-state index is -0.993. The van der Waals surface area contributed by atoms with Gasteiger partial charge in [-0.05, 0) is 24.5 Å². The molecule has 0 aliphatic heterocycles. The summed E-state index contributed by atoms with van der Waals surface area (Å²) in [7, 11) is 0. The lowest BCUT2D eigenvalue weighted by Crippen LogP contribution is -2.30. The van der Waals surface area contributed by atoms with Crippen LogP contribution in [0.5, 0.6) is 5.75 Å². The van der Waals surface area contributed by atoms with E-state index in [4.69, 9.17) is 4.74 Å². The fraction of sp³-hybridized carbons (Fsp3) is 0.462. The van der Waals surface area contributed by atoms with Crippen LogP contribution in [0.15, 0.2) is 18.2 Å². The zero-order chi connectivity index (χ0) is 13.5. The molecule has 0 aromatic heterocycles. The van der Waals surface area contributed by atoms with Gasteiger partial charge >= 0.3 is 0 Å². The van der Waals surface area contributed by atoms with Crippen molar-refractivity contribution < 1.29 is 18.3 Å². The van der Waals surface area contributed by atoms with Crippen molar-refractivity contribution in [3.63, 3.8) is 0 Å². The lowest BCUT2D eigenvalue weighted by atomic mass is 10.1. The van der Waals surface area contributed by atoms with Crippen LogP contribution < -0.4 is 10.1 Å². The topological polar surface area (TPSA) is 38.3 Å². The van der Waals surface area contributed by atoms with Gasteiger partial charge in [-0.15, -0.1) is 0 Å². The minimum absolute atomic E-state index is 0.132. The maximum Gasteiger partial charge on any atom is 0.257 e. The third-order valence-electron chi connectivity index (χ3n) is 2.30. The Morgan fingerprint density at radius 1 is 1.33 bits per heavy atom. The highest BCUT2D eigenvalue weighted by molar-refractivity contribution is 5.77. The maximum absolute atomic E-state index is 12.8. The van der Waals surface area contributed by atoms with Gasteiger partial charge in [0, 0.05) is 12.6 Å². The third-order valence-corrected chi connectivity index (χ3v) is 2.30. The molecule has 0 atom stereocenters. The number of ether oxygens (including phenoxy) is 1. The molecule has 1 aromatic rings. The molecule has 1 aromatic carbocycles. The molecule has 100 valence electrons. The number of carbonyl (C=O) groups is 1. The smallest absolute Gasteiger partial charge is 0.257 e. The molecule has 0 bridgehead atoms. The Labute approximate surface area is 105 Å². The van der Waals surface area contributed by atoms with Gasteiger partial charge in [-0.2, -0.15) is 0 Å². The van der Waals surface area contributed by atoms with E-state index < -0.39 is 11.6 Å². The van der Waals surface area contributed by atoms with Crippen molar-refractivity contribution in [3.05, 3.63) is 29.8 Å². The molecule has 0 saturated carbocycles.